The molecule has 0 fully saturated rings. The Morgan fingerprint density at radius 2 is 1.96 bits per heavy atom. The highest BCUT2D eigenvalue weighted by atomic mass is 32.2. The molecule has 0 saturated heterocycles. The number of hydrogen-bond acceptors (Lipinski definition) is 4. The lowest BCUT2D eigenvalue weighted by Gasteiger charge is -2.32. The van der Waals surface area contributed by atoms with Crippen molar-refractivity contribution in [2.75, 3.05) is 20.8 Å². The molecular weight excluding hydrogens is 326 g/mol. The monoisotopic (exact) mass is 347 g/mol. The first-order valence-corrected chi connectivity index (χ1v) is 9.23. The predicted molar refractivity (Wildman–Crippen MR) is 92.0 cm³/mol. The number of benzene rings is 2. The molecule has 0 saturated carbocycles. The molecule has 2 aromatic rings. The van der Waals surface area contributed by atoms with Gasteiger partial charge in [-0.15, -0.1) is 0 Å². The number of rotatable bonds is 4. The van der Waals surface area contributed by atoms with Gasteiger partial charge >= 0.3 is 0 Å². The van der Waals surface area contributed by atoms with E-state index in [1.54, 1.807) is 19.2 Å². The summed E-state index contributed by atoms with van der Waals surface area (Å²) >= 11 is 0. The number of nitrogens with zero attached hydrogens (tertiary/aromatic N) is 1. The molecule has 0 aliphatic carbocycles. The van der Waals surface area contributed by atoms with Crippen molar-refractivity contribution in [1.29, 1.82) is 0 Å². The molecule has 24 heavy (non-hydrogen) atoms. The number of para-hydroxylation sites is 1. The van der Waals surface area contributed by atoms with E-state index < -0.39 is 10.0 Å². The third-order valence-electron chi connectivity index (χ3n) is 4.34. The third-order valence-corrected chi connectivity index (χ3v) is 6.23. The van der Waals surface area contributed by atoms with Crippen molar-refractivity contribution >= 4 is 10.0 Å². The summed E-state index contributed by atoms with van der Waals surface area (Å²) in [5, 5.41) is 0. The molecule has 0 N–H and O–H groups in total. The van der Waals surface area contributed by atoms with Gasteiger partial charge in [-0.05, 0) is 30.7 Å². The maximum absolute atomic E-state index is 13.2. The van der Waals surface area contributed by atoms with Gasteiger partial charge in [0.1, 0.15) is 16.4 Å². The molecule has 1 atom stereocenters. The van der Waals surface area contributed by atoms with Crippen molar-refractivity contribution < 1.29 is 17.9 Å². The van der Waals surface area contributed by atoms with Gasteiger partial charge < -0.3 is 9.47 Å². The van der Waals surface area contributed by atoms with Gasteiger partial charge in [0.2, 0.25) is 10.0 Å². The zero-order valence-corrected chi connectivity index (χ0v) is 14.8. The zero-order chi connectivity index (χ0) is 17.3. The minimum atomic E-state index is -3.69. The Morgan fingerprint density at radius 3 is 2.71 bits per heavy atom. The van der Waals surface area contributed by atoms with Gasteiger partial charge in [0.05, 0.1) is 19.8 Å². The fourth-order valence-electron chi connectivity index (χ4n) is 3.01. The van der Waals surface area contributed by atoms with Gasteiger partial charge in [-0.1, -0.05) is 24.3 Å². The smallest absolute Gasteiger partial charge is 0.247 e. The lowest BCUT2D eigenvalue weighted by atomic mass is 10.0. The molecule has 1 aliphatic heterocycles. The highest BCUT2D eigenvalue weighted by Gasteiger charge is 2.34. The molecule has 0 radical (unpaired) electrons. The number of ether oxygens (including phenoxy) is 2. The third kappa shape index (κ3) is 2.87. The molecule has 1 heterocycles. The summed E-state index contributed by atoms with van der Waals surface area (Å²) in [6, 6.07) is 12.5. The normalized spacial score (nSPS) is 17.2. The number of methoxy groups -OCH3 is 1. The van der Waals surface area contributed by atoms with Crippen LogP contribution in [0, 0.1) is 6.92 Å². The Bertz CT molecular complexity index is 848. The highest BCUT2D eigenvalue weighted by Crippen LogP contribution is 2.39. The van der Waals surface area contributed by atoms with Gasteiger partial charge in [-0.25, -0.2) is 8.42 Å². The van der Waals surface area contributed by atoms with E-state index in [1.165, 1.54) is 11.4 Å². The van der Waals surface area contributed by atoms with Crippen molar-refractivity contribution in [1.82, 2.24) is 4.31 Å². The maximum Gasteiger partial charge on any atom is 0.247 e. The molecule has 3 rings (SSSR count). The largest absolute Gasteiger partial charge is 0.495 e. The zero-order valence-electron chi connectivity index (χ0n) is 14.0. The van der Waals surface area contributed by atoms with Crippen molar-refractivity contribution in [2.24, 2.45) is 0 Å². The first-order chi connectivity index (χ1) is 11.4. The van der Waals surface area contributed by atoms with Gasteiger partial charge in [0, 0.05) is 19.0 Å². The average Bonchev–Trinajstić information content (AvgIpc) is 2.60. The summed E-state index contributed by atoms with van der Waals surface area (Å²) in [7, 11) is -0.599. The maximum atomic E-state index is 13.2. The van der Waals surface area contributed by atoms with Crippen LogP contribution in [0.15, 0.2) is 47.4 Å². The molecule has 1 aliphatic rings. The molecule has 0 spiro atoms. The van der Waals surface area contributed by atoms with Crippen LogP contribution in [-0.4, -0.2) is 33.5 Å². The van der Waals surface area contributed by atoms with Crippen LogP contribution in [-0.2, 0) is 10.0 Å². The Hall–Kier alpha value is -2.05. The molecule has 0 bridgehead atoms. The van der Waals surface area contributed by atoms with E-state index in [2.05, 4.69) is 0 Å². The summed E-state index contributed by atoms with van der Waals surface area (Å²) in [5.41, 5.74) is 1.76. The predicted octanol–water partition coefficient (Wildman–Crippen LogP) is 3.15. The molecular formula is C18H21NO4S. The lowest BCUT2D eigenvalue weighted by Crippen LogP contribution is -2.34. The molecule has 2 aromatic carbocycles. The SMILES string of the molecule is COc1ccc(C)cc1S(=O)(=O)N(C)C1CCOc2ccccc21. The van der Waals surface area contributed by atoms with Gasteiger partial charge in [-0.3, -0.25) is 0 Å². The van der Waals surface area contributed by atoms with Gasteiger partial charge in [-0.2, -0.15) is 4.31 Å². The van der Waals surface area contributed by atoms with E-state index in [0.717, 1.165) is 16.9 Å². The van der Waals surface area contributed by atoms with Crippen LogP contribution in [0.25, 0.3) is 0 Å². The van der Waals surface area contributed by atoms with Crippen LogP contribution in [0.3, 0.4) is 0 Å². The molecule has 0 aromatic heterocycles. The molecule has 128 valence electrons. The van der Waals surface area contributed by atoms with Crippen molar-refractivity contribution in [2.45, 2.75) is 24.3 Å². The molecule has 1 unspecified atom stereocenters. The van der Waals surface area contributed by atoms with E-state index in [0.29, 0.717) is 18.8 Å². The number of sulfonamides is 1. The Kier molecular flexibility index (Phi) is 4.51. The number of hydrogen-bond donors (Lipinski definition) is 0. The minimum Gasteiger partial charge on any atom is -0.495 e. The van der Waals surface area contributed by atoms with E-state index >= 15 is 0 Å². The van der Waals surface area contributed by atoms with E-state index in [4.69, 9.17) is 9.47 Å². The Labute approximate surface area is 142 Å². The number of fused-ring (bicyclic) bond motifs is 1. The quantitative estimate of drug-likeness (QED) is 0.852. The minimum absolute atomic E-state index is 0.191. The van der Waals surface area contributed by atoms with Gasteiger partial charge in [0.25, 0.3) is 0 Å². The van der Waals surface area contributed by atoms with Crippen LogP contribution in [0.1, 0.15) is 23.6 Å². The van der Waals surface area contributed by atoms with Gasteiger partial charge in [0.15, 0.2) is 0 Å². The second kappa shape index (κ2) is 6.45. The van der Waals surface area contributed by atoms with E-state index in [-0.39, 0.29) is 10.9 Å². The van der Waals surface area contributed by atoms with Crippen LogP contribution < -0.4 is 9.47 Å². The van der Waals surface area contributed by atoms with Crippen LogP contribution in [0.4, 0.5) is 0 Å². The van der Waals surface area contributed by atoms with E-state index in [9.17, 15) is 8.42 Å². The summed E-state index contributed by atoms with van der Waals surface area (Å²) in [6.45, 7) is 2.36. The Morgan fingerprint density at radius 1 is 1.21 bits per heavy atom. The average molecular weight is 347 g/mol. The highest BCUT2D eigenvalue weighted by molar-refractivity contribution is 7.89. The summed E-state index contributed by atoms with van der Waals surface area (Å²) < 4.78 is 38.7. The molecule has 0 amide bonds. The topological polar surface area (TPSA) is 55.8 Å². The first-order valence-electron chi connectivity index (χ1n) is 7.79. The molecule has 5 nitrogen and oxygen atoms in total. The molecule has 6 heteroatoms. The van der Waals surface area contributed by atoms with E-state index in [1.807, 2.05) is 37.3 Å². The van der Waals surface area contributed by atoms with Crippen molar-refractivity contribution in [3.63, 3.8) is 0 Å². The standard InChI is InChI=1S/C18H21NO4S/c1-13-8-9-17(22-3)18(12-13)24(20,21)19(2)15-10-11-23-16-7-5-4-6-14(15)16/h4-9,12,15H,10-11H2,1-3H3. The summed E-state index contributed by atoms with van der Waals surface area (Å²) in [5.74, 6) is 1.10. The number of aryl methyl sites for hydroxylation is 1. The summed E-state index contributed by atoms with van der Waals surface area (Å²) in [4.78, 5) is 0.191. The van der Waals surface area contributed by atoms with Crippen LogP contribution in [0.2, 0.25) is 0 Å². The Balaban J connectivity index is 2.04. The van der Waals surface area contributed by atoms with Crippen LogP contribution >= 0.6 is 0 Å². The van der Waals surface area contributed by atoms with Crippen LogP contribution in [0.5, 0.6) is 11.5 Å². The summed E-state index contributed by atoms with van der Waals surface area (Å²) in [6.07, 6.45) is 0.612. The van der Waals surface area contributed by atoms with Crippen molar-refractivity contribution in [3.05, 3.63) is 53.6 Å². The second-order valence-electron chi connectivity index (χ2n) is 5.87. The lowest BCUT2D eigenvalue weighted by molar-refractivity contribution is 0.220. The second-order valence-corrected chi connectivity index (χ2v) is 7.83. The first kappa shape index (κ1) is 16.8. The fraction of sp³-hybridized carbons (Fsp3) is 0.333. The fourth-order valence-corrected chi connectivity index (χ4v) is 4.61. The van der Waals surface area contributed by atoms with Crippen molar-refractivity contribution in [3.8, 4) is 11.5 Å².